The fourth-order valence-corrected chi connectivity index (χ4v) is 2.28. The minimum atomic E-state index is 0.410. The van der Waals surface area contributed by atoms with Crippen LogP contribution in [0.2, 0.25) is 0 Å². The third-order valence-electron chi connectivity index (χ3n) is 3.13. The molecule has 0 saturated carbocycles. The molecule has 1 aromatic heterocycles. The number of H-pyrrole nitrogens is 1. The largest absolute Gasteiger partial charge is 0.399 e. The molecule has 1 aliphatic heterocycles. The van der Waals surface area contributed by atoms with Gasteiger partial charge in [-0.2, -0.15) is 0 Å². The first-order valence-electron chi connectivity index (χ1n) is 5.57. The van der Waals surface area contributed by atoms with E-state index in [1.165, 1.54) is 0 Å². The van der Waals surface area contributed by atoms with Crippen molar-refractivity contribution < 1.29 is 4.74 Å². The number of hydrogen-bond donors (Lipinski definition) is 2. The Morgan fingerprint density at radius 3 is 3.12 bits per heavy atom. The highest BCUT2D eigenvalue weighted by Crippen LogP contribution is 2.27. The molecule has 4 heteroatoms. The highest BCUT2D eigenvalue weighted by atomic mass is 16.5. The summed E-state index contributed by atoms with van der Waals surface area (Å²) in [7, 11) is 0. The lowest BCUT2D eigenvalue weighted by molar-refractivity contribution is 0.193. The van der Waals surface area contributed by atoms with Crippen LogP contribution >= 0.6 is 0 Å². The van der Waals surface area contributed by atoms with Crippen molar-refractivity contribution in [2.75, 3.05) is 18.9 Å². The Kier molecular flexibility index (Phi) is 2.11. The summed E-state index contributed by atoms with van der Waals surface area (Å²) < 4.78 is 5.38. The zero-order valence-corrected chi connectivity index (χ0v) is 9.29. The summed E-state index contributed by atoms with van der Waals surface area (Å²) in [6, 6.07) is 3.90. The summed E-state index contributed by atoms with van der Waals surface area (Å²) >= 11 is 0. The number of ether oxygens (including phenoxy) is 1. The monoisotopic (exact) mass is 217 g/mol. The van der Waals surface area contributed by atoms with Crippen LogP contribution < -0.4 is 5.73 Å². The van der Waals surface area contributed by atoms with Gasteiger partial charge in [-0.15, -0.1) is 0 Å². The molecule has 0 bridgehead atoms. The number of benzene rings is 1. The number of imidazole rings is 1. The number of rotatable bonds is 1. The number of nitrogens with zero attached hydrogens (tertiary/aromatic N) is 1. The number of aromatic nitrogens is 2. The Morgan fingerprint density at radius 1 is 1.50 bits per heavy atom. The van der Waals surface area contributed by atoms with Gasteiger partial charge in [0.05, 0.1) is 17.6 Å². The van der Waals surface area contributed by atoms with E-state index < -0.39 is 0 Å². The van der Waals surface area contributed by atoms with Crippen molar-refractivity contribution in [1.82, 2.24) is 9.97 Å². The topological polar surface area (TPSA) is 63.9 Å². The second-order valence-electron chi connectivity index (χ2n) is 4.42. The minimum Gasteiger partial charge on any atom is -0.399 e. The fourth-order valence-electron chi connectivity index (χ4n) is 2.28. The summed E-state index contributed by atoms with van der Waals surface area (Å²) in [5, 5.41) is 0. The van der Waals surface area contributed by atoms with Gasteiger partial charge < -0.3 is 15.5 Å². The molecule has 3 rings (SSSR count). The molecule has 1 aromatic carbocycles. The molecular weight excluding hydrogens is 202 g/mol. The molecule has 16 heavy (non-hydrogen) atoms. The molecule has 1 unspecified atom stereocenters. The first-order chi connectivity index (χ1) is 7.74. The van der Waals surface area contributed by atoms with Crippen LogP contribution in [-0.2, 0) is 4.74 Å². The van der Waals surface area contributed by atoms with Crippen molar-refractivity contribution in [3.05, 3.63) is 23.5 Å². The Balaban J connectivity index is 2.11. The molecule has 0 aliphatic carbocycles. The third-order valence-corrected chi connectivity index (χ3v) is 3.13. The van der Waals surface area contributed by atoms with Crippen LogP contribution in [0.1, 0.15) is 23.7 Å². The van der Waals surface area contributed by atoms with Crippen molar-refractivity contribution in [3.8, 4) is 0 Å². The second-order valence-corrected chi connectivity index (χ2v) is 4.42. The Labute approximate surface area is 93.8 Å². The van der Waals surface area contributed by atoms with Gasteiger partial charge >= 0.3 is 0 Å². The smallest absolute Gasteiger partial charge is 0.112 e. The molecule has 0 spiro atoms. The van der Waals surface area contributed by atoms with Gasteiger partial charge in [-0.1, -0.05) is 0 Å². The van der Waals surface area contributed by atoms with Crippen LogP contribution in [0.4, 0.5) is 5.69 Å². The summed E-state index contributed by atoms with van der Waals surface area (Å²) in [5.74, 6) is 1.44. The van der Waals surface area contributed by atoms with Gasteiger partial charge in [0.25, 0.3) is 0 Å². The number of aryl methyl sites for hydroxylation is 1. The highest BCUT2D eigenvalue weighted by molar-refractivity contribution is 5.82. The fraction of sp³-hybridized carbons (Fsp3) is 0.417. The average molecular weight is 217 g/mol. The first kappa shape index (κ1) is 9.66. The number of fused-ring (bicyclic) bond motifs is 1. The number of hydrogen-bond acceptors (Lipinski definition) is 3. The van der Waals surface area contributed by atoms with Gasteiger partial charge in [-0.05, 0) is 31.0 Å². The summed E-state index contributed by atoms with van der Waals surface area (Å²) in [4.78, 5) is 7.99. The zero-order valence-electron chi connectivity index (χ0n) is 9.29. The van der Waals surface area contributed by atoms with Gasteiger partial charge in [-0.3, -0.25) is 0 Å². The van der Waals surface area contributed by atoms with E-state index >= 15 is 0 Å². The molecule has 1 saturated heterocycles. The van der Waals surface area contributed by atoms with Crippen molar-refractivity contribution >= 4 is 16.7 Å². The molecule has 1 aliphatic rings. The van der Waals surface area contributed by atoms with E-state index in [-0.39, 0.29) is 0 Å². The molecule has 1 atom stereocenters. The molecule has 2 aromatic rings. The first-order valence-corrected chi connectivity index (χ1v) is 5.57. The number of nitrogens with two attached hydrogens (primary N) is 1. The van der Waals surface area contributed by atoms with E-state index in [1.807, 2.05) is 19.1 Å². The van der Waals surface area contributed by atoms with Crippen LogP contribution in [-0.4, -0.2) is 23.2 Å². The van der Waals surface area contributed by atoms with E-state index in [9.17, 15) is 0 Å². The number of nitrogen functional groups attached to an aromatic ring is 1. The summed E-state index contributed by atoms with van der Waals surface area (Å²) in [5.41, 5.74) is 9.77. The standard InChI is InChI=1S/C12H15N3O/c1-7-4-9(13)5-10-11(7)15-12(14-10)8-2-3-16-6-8/h4-5,8H,2-3,6,13H2,1H3,(H,14,15). The zero-order chi connectivity index (χ0) is 11.1. The molecule has 4 nitrogen and oxygen atoms in total. The summed E-state index contributed by atoms with van der Waals surface area (Å²) in [6.45, 7) is 3.64. The molecule has 0 amide bonds. The molecule has 84 valence electrons. The quantitative estimate of drug-likeness (QED) is 0.718. The average Bonchev–Trinajstić information content (AvgIpc) is 2.82. The van der Waals surface area contributed by atoms with E-state index in [0.717, 1.165) is 47.7 Å². The van der Waals surface area contributed by atoms with Gasteiger partial charge in [0, 0.05) is 18.2 Å². The molecule has 0 radical (unpaired) electrons. The van der Waals surface area contributed by atoms with Crippen LogP contribution in [0.5, 0.6) is 0 Å². The van der Waals surface area contributed by atoms with E-state index in [0.29, 0.717) is 5.92 Å². The molecule has 1 fully saturated rings. The number of nitrogens with one attached hydrogen (secondary N) is 1. The van der Waals surface area contributed by atoms with Crippen LogP contribution in [0.3, 0.4) is 0 Å². The lowest BCUT2D eigenvalue weighted by atomic mass is 10.1. The van der Waals surface area contributed by atoms with Crippen LogP contribution in [0, 0.1) is 6.92 Å². The SMILES string of the molecule is Cc1cc(N)cc2[nH]c(C3CCOC3)nc12. The number of anilines is 1. The van der Waals surface area contributed by atoms with Crippen LogP contribution in [0.25, 0.3) is 11.0 Å². The predicted molar refractivity (Wildman–Crippen MR) is 63.4 cm³/mol. The molecular formula is C12H15N3O. The maximum Gasteiger partial charge on any atom is 0.112 e. The second kappa shape index (κ2) is 3.49. The Hall–Kier alpha value is -1.55. The summed E-state index contributed by atoms with van der Waals surface area (Å²) in [6.07, 6.45) is 1.05. The third kappa shape index (κ3) is 1.46. The Bertz CT molecular complexity index is 526. The van der Waals surface area contributed by atoms with Gasteiger partial charge in [-0.25, -0.2) is 4.98 Å². The lowest BCUT2D eigenvalue weighted by Crippen LogP contribution is -1.99. The van der Waals surface area contributed by atoms with Gasteiger partial charge in [0.2, 0.25) is 0 Å². The van der Waals surface area contributed by atoms with Crippen LogP contribution in [0.15, 0.2) is 12.1 Å². The minimum absolute atomic E-state index is 0.410. The Morgan fingerprint density at radius 2 is 2.38 bits per heavy atom. The highest BCUT2D eigenvalue weighted by Gasteiger charge is 2.21. The molecule has 2 heterocycles. The van der Waals surface area contributed by atoms with Crippen molar-refractivity contribution in [1.29, 1.82) is 0 Å². The maximum atomic E-state index is 5.81. The normalized spacial score (nSPS) is 20.7. The van der Waals surface area contributed by atoms with E-state index in [1.54, 1.807) is 0 Å². The van der Waals surface area contributed by atoms with Gasteiger partial charge in [0.1, 0.15) is 5.82 Å². The van der Waals surface area contributed by atoms with Crippen molar-refractivity contribution in [2.24, 2.45) is 0 Å². The number of aromatic amines is 1. The van der Waals surface area contributed by atoms with Crippen molar-refractivity contribution in [2.45, 2.75) is 19.3 Å². The lowest BCUT2D eigenvalue weighted by Gasteiger charge is -2.00. The van der Waals surface area contributed by atoms with Crippen molar-refractivity contribution in [3.63, 3.8) is 0 Å². The van der Waals surface area contributed by atoms with E-state index in [2.05, 4.69) is 9.97 Å². The predicted octanol–water partition coefficient (Wildman–Crippen LogP) is 1.96. The maximum absolute atomic E-state index is 5.81. The van der Waals surface area contributed by atoms with Gasteiger partial charge in [0.15, 0.2) is 0 Å². The van der Waals surface area contributed by atoms with E-state index in [4.69, 9.17) is 10.5 Å². The molecule has 3 N–H and O–H groups in total.